The molecule has 3 aromatic carbocycles. The first-order chi connectivity index (χ1) is 20.4. The standard InChI is InChI=1S/C32H41N3O3S4/c1-24(36)25-4-5-27-21-29(8-6-26(27)20-25)34(2)23-32(37)33-28-7-9-30(31(22-28)38-3)35-10-12-39-14-16-41-18-19-42-17-15-40-13-11-35/h4-9,20-22H,10-19,23H2,1-3H3,(H,33,37). The van der Waals surface area contributed by atoms with Crippen molar-refractivity contribution < 1.29 is 14.3 Å². The summed E-state index contributed by atoms with van der Waals surface area (Å²) in [5.74, 6) is 10.2. The molecule has 6 nitrogen and oxygen atoms in total. The predicted molar refractivity (Wildman–Crippen MR) is 190 cm³/mol. The van der Waals surface area contributed by atoms with Crippen molar-refractivity contribution in [3.05, 3.63) is 60.2 Å². The van der Waals surface area contributed by atoms with Gasteiger partial charge in [0.25, 0.3) is 0 Å². The Labute approximate surface area is 267 Å². The molecule has 1 aliphatic rings. The molecule has 226 valence electrons. The molecule has 0 bridgehead atoms. The van der Waals surface area contributed by atoms with Gasteiger partial charge in [-0.2, -0.15) is 47.0 Å². The van der Waals surface area contributed by atoms with Gasteiger partial charge in [-0.25, -0.2) is 0 Å². The number of carbonyl (C=O) groups is 2. The molecule has 1 N–H and O–H groups in total. The van der Waals surface area contributed by atoms with Crippen LogP contribution in [0.4, 0.5) is 17.1 Å². The lowest BCUT2D eigenvalue weighted by Gasteiger charge is -2.27. The maximum atomic E-state index is 13.0. The number of ketones is 1. The van der Waals surface area contributed by atoms with E-state index >= 15 is 0 Å². The van der Waals surface area contributed by atoms with E-state index in [0.717, 1.165) is 58.2 Å². The Morgan fingerprint density at radius 3 is 2.02 bits per heavy atom. The van der Waals surface area contributed by atoms with Gasteiger partial charge in [-0.05, 0) is 48.0 Å². The lowest BCUT2D eigenvalue weighted by molar-refractivity contribution is -0.114. The lowest BCUT2D eigenvalue weighted by Crippen LogP contribution is -2.30. The van der Waals surface area contributed by atoms with E-state index in [9.17, 15) is 9.59 Å². The number of benzene rings is 3. The zero-order valence-electron chi connectivity index (χ0n) is 24.7. The maximum absolute atomic E-state index is 13.0. The molecular weight excluding hydrogens is 603 g/mol. The van der Waals surface area contributed by atoms with Gasteiger partial charge in [0.05, 0.1) is 19.3 Å². The van der Waals surface area contributed by atoms with E-state index in [0.29, 0.717) is 5.56 Å². The predicted octanol–water partition coefficient (Wildman–Crippen LogP) is 6.88. The molecule has 1 heterocycles. The van der Waals surface area contributed by atoms with Crippen LogP contribution in [-0.4, -0.2) is 91.5 Å². The van der Waals surface area contributed by atoms with Crippen LogP contribution < -0.4 is 19.9 Å². The second-order valence-corrected chi connectivity index (χ2v) is 14.9. The summed E-state index contributed by atoms with van der Waals surface area (Å²) in [7, 11) is 3.60. The number of anilines is 3. The van der Waals surface area contributed by atoms with Crippen molar-refractivity contribution in [3.63, 3.8) is 0 Å². The first-order valence-corrected chi connectivity index (χ1v) is 18.9. The van der Waals surface area contributed by atoms with Crippen LogP contribution in [0.5, 0.6) is 5.75 Å². The molecule has 1 saturated heterocycles. The minimum absolute atomic E-state index is 0.0514. The first-order valence-electron chi connectivity index (χ1n) is 14.2. The molecule has 1 amide bonds. The molecular formula is C32H41N3O3S4. The molecule has 1 fully saturated rings. The second kappa shape index (κ2) is 17.2. The van der Waals surface area contributed by atoms with Gasteiger partial charge >= 0.3 is 0 Å². The molecule has 0 atom stereocenters. The van der Waals surface area contributed by atoms with Gasteiger partial charge in [-0.15, -0.1) is 0 Å². The quantitative estimate of drug-likeness (QED) is 0.278. The number of nitrogens with one attached hydrogen (secondary N) is 1. The average molecular weight is 644 g/mol. The number of rotatable bonds is 7. The molecule has 10 heteroatoms. The Morgan fingerprint density at radius 1 is 0.810 bits per heavy atom. The number of thioether (sulfide) groups is 4. The Kier molecular flexibility index (Phi) is 13.4. The third kappa shape index (κ3) is 9.96. The van der Waals surface area contributed by atoms with Crippen LogP contribution >= 0.6 is 47.0 Å². The number of likely N-dealkylation sites (N-methyl/N-ethyl adjacent to an activating group) is 1. The summed E-state index contributed by atoms with van der Waals surface area (Å²) in [5.41, 5.74) is 3.43. The second-order valence-electron chi connectivity index (χ2n) is 10.0. The van der Waals surface area contributed by atoms with Crippen LogP contribution in [-0.2, 0) is 4.79 Å². The molecule has 0 aliphatic carbocycles. The van der Waals surface area contributed by atoms with Crippen LogP contribution in [0, 0.1) is 0 Å². The highest BCUT2D eigenvalue weighted by atomic mass is 32.2. The number of methoxy groups -OCH3 is 1. The number of Topliss-reactive ketones (excluding diaryl/α,β-unsaturated/α-hetero) is 1. The number of amides is 1. The van der Waals surface area contributed by atoms with Crippen LogP contribution in [0.1, 0.15) is 17.3 Å². The molecule has 1 aliphatic heterocycles. The van der Waals surface area contributed by atoms with E-state index in [1.807, 2.05) is 84.0 Å². The molecule has 0 spiro atoms. The molecule has 0 aromatic heterocycles. The van der Waals surface area contributed by atoms with Gasteiger partial charge in [0.1, 0.15) is 5.75 Å². The highest BCUT2D eigenvalue weighted by molar-refractivity contribution is 8.05. The highest BCUT2D eigenvalue weighted by Gasteiger charge is 2.15. The lowest BCUT2D eigenvalue weighted by atomic mass is 10.0. The van der Waals surface area contributed by atoms with E-state index in [-0.39, 0.29) is 18.2 Å². The average Bonchev–Trinajstić information content (AvgIpc) is 3.00. The van der Waals surface area contributed by atoms with Crippen LogP contribution in [0.3, 0.4) is 0 Å². The van der Waals surface area contributed by atoms with Crippen molar-refractivity contribution in [2.75, 3.05) is 94.9 Å². The fraction of sp³-hybridized carbons (Fsp3) is 0.438. The first kappa shape index (κ1) is 32.8. The fourth-order valence-corrected chi connectivity index (χ4v) is 9.02. The SMILES string of the molecule is COc1cc(NC(=O)CN(C)c2ccc3cc(C(C)=O)ccc3c2)ccc1N1CCSCCSCCSCCSCC1. The summed E-state index contributed by atoms with van der Waals surface area (Å²) < 4.78 is 5.82. The largest absolute Gasteiger partial charge is 0.495 e. The number of nitrogens with zero attached hydrogens (tertiary/aromatic N) is 2. The van der Waals surface area contributed by atoms with Crippen LogP contribution in [0.15, 0.2) is 54.6 Å². The zero-order valence-corrected chi connectivity index (χ0v) is 28.0. The van der Waals surface area contributed by atoms with Gasteiger partial charge < -0.3 is 19.9 Å². The van der Waals surface area contributed by atoms with Crippen molar-refractivity contribution >= 4 is 86.6 Å². The highest BCUT2D eigenvalue weighted by Crippen LogP contribution is 2.32. The summed E-state index contributed by atoms with van der Waals surface area (Å²) in [6, 6.07) is 17.7. The van der Waals surface area contributed by atoms with Crippen LogP contribution in [0.25, 0.3) is 10.8 Å². The Morgan fingerprint density at radius 2 is 1.40 bits per heavy atom. The van der Waals surface area contributed by atoms with E-state index < -0.39 is 0 Å². The number of carbonyl (C=O) groups excluding carboxylic acids is 2. The molecule has 42 heavy (non-hydrogen) atoms. The summed E-state index contributed by atoms with van der Waals surface area (Å²) in [6.45, 7) is 3.72. The Balaban J connectivity index is 1.38. The number of fused-ring (bicyclic) bond motifs is 1. The Bertz CT molecular complexity index is 1320. The van der Waals surface area contributed by atoms with Crippen LogP contribution in [0.2, 0.25) is 0 Å². The summed E-state index contributed by atoms with van der Waals surface area (Å²) in [6.07, 6.45) is 0. The number of hydrogen-bond donors (Lipinski definition) is 1. The van der Waals surface area contributed by atoms with Gasteiger partial charge in [0, 0.05) is 89.2 Å². The van der Waals surface area contributed by atoms with Gasteiger partial charge in [0.15, 0.2) is 5.78 Å². The van der Waals surface area contributed by atoms with E-state index in [2.05, 4.69) is 39.8 Å². The third-order valence-corrected chi connectivity index (χ3v) is 11.7. The molecule has 0 saturated carbocycles. The summed E-state index contributed by atoms with van der Waals surface area (Å²) in [4.78, 5) is 29.1. The van der Waals surface area contributed by atoms with Crippen molar-refractivity contribution in [1.82, 2.24) is 0 Å². The zero-order chi connectivity index (χ0) is 29.7. The smallest absolute Gasteiger partial charge is 0.243 e. The molecule has 0 unspecified atom stereocenters. The normalized spacial score (nSPS) is 15.8. The monoisotopic (exact) mass is 643 g/mol. The third-order valence-electron chi connectivity index (χ3n) is 6.98. The topological polar surface area (TPSA) is 61.9 Å². The summed E-state index contributed by atoms with van der Waals surface area (Å²) >= 11 is 8.18. The number of ether oxygens (including phenoxy) is 1. The molecule has 4 rings (SSSR count). The van der Waals surface area contributed by atoms with Crippen molar-refractivity contribution in [1.29, 1.82) is 0 Å². The fourth-order valence-electron chi connectivity index (χ4n) is 4.68. The number of hydrogen-bond acceptors (Lipinski definition) is 9. The van der Waals surface area contributed by atoms with E-state index in [1.165, 1.54) is 34.5 Å². The van der Waals surface area contributed by atoms with E-state index in [1.54, 1.807) is 14.0 Å². The molecule has 0 radical (unpaired) electrons. The minimum Gasteiger partial charge on any atom is -0.495 e. The van der Waals surface area contributed by atoms with E-state index in [4.69, 9.17) is 4.74 Å². The van der Waals surface area contributed by atoms with Gasteiger partial charge in [-0.1, -0.05) is 18.2 Å². The molecule has 3 aromatic rings. The Hall–Kier alpha value is -2.14. The van der Waals surface area contributed by atoms with Gasteiger partial charge in [0.2, 0.25) is 5.91 Å². The van der Waals surface area contributed by atoms with Crippen molar-refractivity contribution in [3.8, 4) is 5.75 Å². The van der Waals surface area contributed by atoms with Gasteiger partial charge in [-0.3, -0.25) is 9.59 Å². The summed E-state index contributed by atoms with van der Waals surface area (Å²) in [5, 5.41) is 5.09. The van der Waals surface area contributed by atoms with Crippen molar-refractivity contribution in [2.45, 2.75) is 6.92 Å². The minimum atomic E-state index is -0.0999. The maximum Gasteiger partial charge on any atom is 0.243 e. The van der Waals surface area contributed by atoms with Crippen molar-refractivity contribution in [2.24, 2.45) is 0 Å².